The second-order valence-corrected chi connectivity index (χ2v) is 5.22. The summed E-state index contributed by atoms with van der Waals surface area (Å²) in [6.45, 7) is 6.19. The monoisotopic (exact) mass is 287 g/mol. The molecule has 0 bridgehead atoms. The van der Waals surface area contributed by atoms with Gasteiger partial charge in [-0.1, -0.05) is 29.8 Å². The van der Waals surface area contributed by atoms with Gasteiger partial charge in [0, 0.05) is 6.04 Å². The number of carbonyl (C=O) groups excluding carboxylic acids is 1. The van der Waals surface area contributed by atoms with Crippen molar-refractivity contribution in [1.82, 2.24) is 5.32 Å². The number of nitrogens with one attached hydrogen (secondary N) is 1. The Morgan fingerprint density at radius 1 is 1.19 bits per heavy atom. The van der Waals surface area contributed by atoms with E-state index in [4.69, 9.17) is 4.42 Å². The molecule has 1 N–H and O–H groups in total. The van der Waals surface area contributed by atoms with Crippen LogP contribution in [0.15, 0.2) is 40.8 Å². The van der Waals surface area contributed by atoms with Crippen LogP contribution < -0.4 is 5.32 Å². The van der Waals surface area contributed by atoms with Crippen molar-refractivity contribution in [2.45, 2.75) is 32.9 Å². The number of ether oxygens (including phenoxy) is 1. The topological polar surface area (TPSA) is 51.5 Å². The van der Waals surface area contributed by atoms with Gasteiger partial charge in [-0.2, -0.15) is 0 Å². The third kappa shape index (κ3) is 3.73. The molecule has 1 aromatic heterocycles. The van der Waals surface area contributed by atoms with E-state index in [0.717, 1.165) is 5.76 Å². The second kappa shape index (κ2) is 6.59. The Kier molecular flexibility index (Phi) is 4.81. The summed E-state index contributed by atoms with van der Waals surface area (Å²) in [7, 11) is 1.34. The molecule has 0 spiro atoms. The zero-order valence-electron chi connectivity index (χ0n) is 12.8. The highest BCUT2D eigenvalue weighted by Gasteiger charge is 2.17. The zero-order valence-corrected chi connectivity index (χ0v) is 12.8. The van der Waals surface area contributed by atoms with Crippen LogP contribution in [0.3, 0.4) is 0 Å². The van der Waals surface area contributed by atoms with Gasteiger partial charge < -0.3 is 14.5 Å². The Hall–Kier alpha value is -2.07. The van der Waals surface area contributed by atoms with Gasteiger partial charge in [0.15, 0.2) is 0 Å². The van der Waals surface area contributed by atoms with Crippen LogP contribution in [0.5, 0.6) is 0 Å². The number of hydrogen-bond donors (Lipinski definition) is 1. The van der Waals surface area contributed by atoms with Crippen molar-refractivity contribution in [2.75, 3.05) is 7.11 Å². The molecule has 0 saturated carbocycles. The van der Waals surface area contributed by atoms with E-state index in [1.54, 1.807) is 12.1 Å². The van der Waals surface area contributed by atoms with Crippen molar-refractivity contribution in [3.63, 3.8) is 0 Å². The third-order valence-corrected chi connectivity index (χ3v) is 3.48. The molecule has 1 aromatic carbocycles. The normalized spacial score (nSPS) is 13.7. The number of furan rings is 1. The van der Waals surface area contributed by atoms with Crippen molar-refractivity contribution in [2.24, 2.45) is 0 Å². The standard InChI is InChI=1S/C17H21NO3/c1-11-6-5-7-14(10-11)12(2)18-13(3)15-8-9-16(21-15)17(19)20-4/h5-10,12-13,18H,1-4H3/t12-,13?/m1/s1. The van der Waals surface area contributed by atoms with E-state index in [-0.39, 0.29) is 17.8 Å². The minimum atomic E-state index is -0.458. The molecule has 0 saturated heterocycles. The van der Waals surface area contributed by atoms with Crippen LogP contribution in [0.2, 0.25) is 0 Å². The maximum Gasteiger partial charge on any atom is 0.373 e. The fourth-order valence-electron chi connectivity index (χ4n) is 2.29. The van der Waals surface area contributed by atoms with Crippen molar-refractivity contribution in [1.29, 1.82) is 0 Å². The Morgan fingerprint density at radius 3 is 2.62 bits per heavy atom. The SMILES string of the molecule is COC(=O)c1ccc(C(C)N[C@H](C)c2cccc(C)c2)o1. The first-order valence-corrected chi connectivity index (χ1v) is 7.02. The van der Waals surface area contributed by atoms with E-state index >= 15 is 0 Å². The maximum atomic E-state index is 11.4. The maximum absolute atomic E-state index is 11.4. The van der Waals surface area contributed by atoms with Crippen LogP contribution in [0, 0.1) is 6.92 Å². The van der Waals surface area contributed by atoms with Crippen molar-refractivity contribution < 1.29 is 13.9 Å². The molecular formula is C17H21NO3. The molecule has 1 heterocycles. The molecule has 1 unspecified atom stereocenters. The minimum absolute atomic E-state index is 0.00100. The second-order valence-electron chi connectivity index (χ2n) is 5.22. The van der Waals surface area contributed by atoms with Gasteiger partial charge in [0.25, 0.3) is 0 Å². The van der Waals surface area contributed by atoms with Gasteiger partial charge in [-0.05, 0) is 38.5 Å². The fraction of sp³-hybridized carbons (Fsp3) is 0.353. The quantitative estimate of drug-likeness (QED) is 0.850. The highest BCUT2D eigenvalue weighted by Crippen LogP contribution is 2.22. The van der Waals surface area contributed by atoms with Gasteiger partial charge >= 0.3 is 5.97 Å². The summed E-state index contributed by atoms with van der Waals surface area (Å²) in [6.07, 6.45) is 0. The first-order valence-electron chi connectivity index (χ1n) is 7.02. The van der Waals surface area contributed by atoms with Crippen molar-refractivity contribution in [3.8, 4) is 0 Å². The summed E-state index contributed by atoms with van der Waals surface area (Å²) < 4.78 is 10.2. The number of methoxy groups -OCH3 is 1. The molecule has 0 amide bonds. The predicted molar refractivity (Wildman–Crippen MR) is 81.2 cm³/mol. The predicted octanol–water partition coefficient (Wildman–Crippen LogP) is 3.79. The van der Waals surface area contributed by atoms with Crippen LogP contribution in [0.25, 0.3) is 0 Å². The molecule has 112 valence electrons. The van der Waals surface area contributed by atoms with E-state index in [2.05, 4.69) is 48.2 Å². The lowest BCUT2D eigenvalue weighted by Gasteiger charge is -2.19. The molecule has 0 aliphatic carbocycles. The Balaban J connectivity index is 2.05. The van der Waals surface area contributed by atoms with Gasteiger partial charge in [-0.25, -0.2) is 4.79 Å². The number of aryl methyl sites for hydroxylation is 1. The highest BCUT2D eigenvalue weighted by molar-refractivity contribution is 5.86. The third-order valence-electron chi connectivity index (χ3n) is 3.48. The van der Waals surface area contributed by atoms with Gasteiger partial charge in [0.1, 0.15) is 5.76 Å². The first kappa shape index (κ1) is 15.3. The average Bonchev–Trinajstić information content (AvgIpc) is 2.96. The summed E-state index contributed by atoms with van der Waals surface area (Å²) in [4.78, 5) is 11.4. The van der Waals surface area contributed by atoms with Gasteiger partial charge in [-0.3, -0.25) is 0 Å². The van der Waals surface area contributed by atoms with Crippen LogP contribution in [0.4, 0.5) is 0 Å². The number of hydrogen-bond acceptors (Lipinski definition) is 4. The number of esters is 1. The molecule has 0 fully saturated rings. The van der Waals surface area contributed by atoms with E-state index in [1.807, 2.05) is 6.92 Å². The number of rotatable bonds is 5. The molecule has 0 radical (unpaired) electrons. The van der Waals surface area contributed by atoms with E-state index < -0.39 is 5.97 Å². The summed E-state index contributed by atoms with van der Waals surface area (Å²) in [6, 6.07) is 12.0. The number of carbonyl (C=O) groups is 1. The minimum Gasteiger partial charge on any atom is -0.463 e. The fourth-order valence-corrected chi connectivity index (χ4v) is 2.29. The van der Waals surface area contributed by atoms with Crippen LogP contribution in [-0.2, 0) is 4.74 Å². The van der Waals surface area contributed by atoms with E-state index in [1.165, 1.54) is 18.2 Å². The van der Waals surface area contributed by atoms with Gasteiger partial charge in [-0.15, -0.1) is 0 Å². The molecule has 4 heteroatoms. The lowest BCUT2D eigenvalue weighted by molar-refractivity contribution is 0.0562. The average molecular weight is 287 g/mol. The zero-order chi connectivity index (χ0) is 15.4. The molecule has 4 nitrogen and oxygen atoms in total. The highest BCUT2D eigenvalue weighted by atomic mass is 16.5. The molecule has 2 aromatic rings. The molecule has 21 heavy (non-hydrogen) atoms. The molecule has 2 rings (SSSR count). The lowest BCUT2D eigenvalue weighted by atomic mass is 10.0. The summed E-state index contributed by atoms with van der Waals surface area (Å²) in [5, 5.41) is 3.46. The smallest absolute Gasteiger partial charge is 0.373 e. The Bertz CT molecular complexity index is 618. The first-order chi connectivity index (χ1) is 10.0. The molecular weight excluding hydrogens is 266 g/mol. The molecule has 0 aliphatic rings. The van der Waals surface area contributed by atoms with Crippen molar-refractivity contribution >= 4 is 5.97 Å². The molecule has 2 atom stereocenters. The summed E-state index contributed by atoms with van der Waals surface area (Å²) >= 11 is 0. The van der Waals surface area contributed by atoms with Crippen LogP contribution >= 0.6 is 0 Å². The summed E-state index contributed by atoms with van der Waals surface area (Å²) in [5.41, 5.74) is 2.46. The van der Waals surface area contributed by atoms with Gasteiger partial charge in [0.05, 0.1) is 13.2 Å². The Labute approximate surface area is 125 Å². The lowest BCUT2D eigenvalue weighted by Crippen LogP contribution is -2.22. The Morgan fingerprint density at radius 2 is 1.95 bits per heavy atom. The van der Waals surface area contributed by atoms with Gasteiger partial charge in [0.2, 0.25) is 5.76 Å². The largest absolute Gasteiger partial charge is 0.463 e. The van der Waals surface area contributed by atoms with Crippen LogP contribution in [-0.4, -0.2) is 13.1 Å². The van der Waals surface area contributed by atoms with Crippen LogP contribution in [0.1, 0.15) is 53.4 Å². The molecule has 0 aliphatic heterocycles. The van der Waals surface area contributed by atoms with E-state index in [0.29, 0.717) is 0 Å². The van der Waals surface area contributed by atoms with Crippen molar-refractivity contribution in [3.05, 3.63) is 59.0 Å². The summed E-state index contributed by atoms with van der Waals surface area (Å²) in [5.74, 6) is 0.486. The van der Waals surface area contributed by atoms with E-state index in [9.17, 15) is 4.79 Å². The number of benzene rings is 1.